The number of nitrogens with zero attached hydrogens (tertiary/aromatic N) is 4. The number of aromatic nitrogens is 2. The van der Waals surface area contributed by atoms with Crippen LogP contribution < -0.4 is 10.6 Å². The number of hydrogen-bond acceptors (Lipinski definition) is 7. The van der Waals surface area contributed by atoms with Crippen molar-refractivity contribution in [2.75, 3.05) is 45.4 Å². The van der Waals surface area contributed by atoms with E-state index in [0.29, 0.717) is 36.0 Å². The van der Waals surface area contributed by atoms with Crippen LogP contribution in [-0.2, 0) is 9.59 Å². The highest BCUT2D eigenvalue weighted by Gasteiger charge is 2.32. The molecule has 1 aliphatic rings. The van der Waals surface area contributed by atoms with Gasteiger partial charge in [-0.3, -0.25) is 9.59 Å². The van der Waals surface area contributed by atoms with Crippen LogP contribution in [0.5, 0.6) is 0 Å². The Morgan fingerprint density at radius 1 is 1.27 bits per heavy atom. The van der Waals surface area contributed by atoms with Crippen LogP contribution in [0, 0.1) is 29.5 Å². The number of hydrogen-bond donors (Lipinski definition) is 2. The summed E-state index contributed by atoms with van der Waals surface area (Å²) in [5.74, 6) is 7.37. The fraction of sp³-hybridized carbons (Fsp3) is 0.429. The van der Waals surface area contributed by atoms with Gasteiger partial charge in [0.1, 0.15) is 11.6 Å². The van der Waals surface area contributed by atoms with Gasteiger partial charge in [0.15, 0.2) is 5.78 Å². The van der Waals surface area contributed by atoms with Gasteiger partial charge in [0.25, 0.3) is 0 Å². The highest BCUT2D eigenvalue weighted by Crippen LogP contribution is 2.36. The monoisotopic (exact) mass is 506 g/mol. The molecule has 1 amide bonds. The molecule has 37 heavy (non-hydrogen) atoms. The standard InChI is InChI=1S/C28H35FN6O2/c1-19(35(5)26(37)10-7-13-34(3)4)25(36)16-21-14-20(15-21)11-12-22-18-31-28(33-27(22)30-2)32-24-9-6-8-23(29)17-24/h6-10,17-21H,13-16H2,1-5H3,(H2,30,31,32,33)/b10-7+/t19-,20?,21?/m0/s1. The van der Waals surface area contributed by atoms with Crippen LogP contribution in [0.4, 0.5) is 21.8 Å². The summed E-state index contributed by atoms with van der Waals surface area (Å²) in [7, 11) is 7.28. The first kappa shape index (κ1) is 27.8. The zero-order valence-electron chi connectivity index (χ0n) is 22.1. The van der Waals surface area contributed by atoms with Gasteiger partial charge in [-0.25, -0.2) is 9.37 Å². The van der Waals surface area contributed by atoms with E-state index in [1.807, 2.05) is 19.0 Å². The number of rotatable bonds is 10. The first-order chi connectivity index (χ1) is 17.7. The fourth-order valence-electron chi connectivity index (χ4n) is 3.96. The highest BCUT2D eigenvalue weighted by molar-refractivity contribution is 5.93. The lowest BCUT2D eigenvalue weighted by Gasteiger charge is -2.33. The second kappa shape index (κ2) is 13.0. The van der Waals surface area contributed by atoms with E-state index in [-0.39, 0.29) is 29.3 Å². The molecular weight excluding hydrogens is 471 g/mol. The molecule has 9 heteroatoms. The predicted octanol–water partition coefficient (Wildman–Crippen LogP) is 3.70. The summed E-state index contributed by atoms with van der Waals surface area (Å²) in [6, 6.07) is 5.62. The Balaban J connectivity index is 1.50. The lowest BCUT2D eigenvalue weighted by molar-refractivity contribution is -0.134. The van der Waals surface area contributed by atoms with Crippen molar-refractivity contribution < 1.29 is 14.0 Å². The molecule has 0 bridgehead atoms. The molecule has 1 aliphatic carbocycles. The molecule has 0 spiro atoms. The van der Waals surface area contributed by atoms with Crippen LogP contribution in [0.3, 0.4) is 0 Å². The number of anilines is 3. The van der Waals surface area contributed by atoms with Gasteiger partial charge in [0.05, 0.1) is 17.8 Å². The number of carbonyl (C=O) groups is 2. The van der Waals surface area contributed by atoms with Crippen LogP contribution in [0.15, 0.2) is 42.6 Å². The molecule has 0 unspecified atom stereocenters. The second-order valence-corrected chi connectivity index (χ2v) is 9.61. The Morgan fingerprint density at radius 2 is 2.03 bits per heavy atom. The summed E-state index contributed by atoms with van der Waals surface area (Å²) in [4.78, 5) is 37.2. The first-order valence-electron chi connectivity index (χ1n) is 12.4. The van der Waals surface area contributed by atoms with Gasteiger partial charge < -0.3 is 20.4 Å². The van der Waals surface area contributed by atoms with Crippen molar-refractivity contribution in [2.24, 2.45) is 11.8 Å². The summed E-state index contributed by atoms with van der Waals surface area (Å²) in [6.07, 6.45) is 7.09. The van der Waals surface area contributed by atoms with Crippen LogP contribution in [-0.4, -0.2) is 72.2 Å². The first-order valence-corrected chi connectivity index (χ1v) is 12.4. The summed E-state index contributed by atoms with van der Waals surface area (Å²) in [5.41, 5.74) is 1.23. The van der Waals surface area contributed by atoms with Crippen molar-refractivity contribution in [2.45, 2.75) is 32.2 Å². The maximum atomic E-state index is 13.4. The minimum Gasteiger partial charge on any atom is -0.372 e. The lowest BCUT2D eigenvalue weighted by Crippen LogP contribution is -2.41. The molecule has 1 atom stereocenters. The topological polar surface area (TPSA) is 90.5 Å². The molecule has 1 heterocycles. The normalized spacial score (nSPS) is 17.5. The van der Waals surface area contributed by atoms with E-state index >= 15 is 0 Å². The predicted molar refractivity (Wildman–Crippen MR) is 144 cm³/mol. The van der Waals surface area contributed by atoms with Gasteiger partial charge in [-0.15, -0.1) is 0 Å². The molecule has 1 aromatic heterocycles. The number of amides is 1. The average molecular weight is 507 g/mol. The minimum absolute atomic E-state index is 0.0699. The molecule has 2 aromatic rings. The van der Waals surface area contributed by atoms with Crippen molar-refractivity contribution in [1.82, 2.24) is 19.8 Å². The molecular formula is C28H35FN6O2. The smallest absolute Gasteiger partial charge is 0.246 e. The molecule has 1 saturated carbocycles. The number of benzene rings is 1. The molecule has 3 rings (SSSR count). The van der Waals surface area contributed by atoms with Crippen molar-refractivity contribution >= 4 is 29.1 Å². The second-order valence-electron chi connectivity index (χ2n) is 9.61. The molecule has 0 saturated heterocycles. The van der Waals surface area contributed by atoms with Crippen molar-refractivity contribution in [3.8, 4) is 11.8 Å². The van der Waals surface area contributed by atoms with E-state index in [9.17, 15) is 14.0 Å². The minimum atomic E-state index is -0.462. The molecule has 1 fully saturated rings. The van der Waals surface area contributed by atoms with Gasteiger partial charge in [0, 0.05) is 44.7 Å². The van der Waals surface area contributed by atoms with E-state index in [2.05, 4.69) is 32.4 Å². The van der Waals surface area contributed by atoms with Gasteiger partial charge in [-0.2, -0.15) is 4.98 Å². The molecule has 2 N–H and O–H groups in total. The van der Waals surface area contributed by atoms with Gasteiger partial charge in [-0.05, 0) is 58.0 Å². The summed E-state index contributed by atoms with van der Waals surface area (Å²) >= 11 is 0. The van der Waals surface area contributed by atoms with Crippen LogP contribution >= 0.6 is 0 Å². The zero-order valence-corrected chi connectivity index (χ0v) is 22.1. The van der Waals surface area contributed by atoms with E-state index < -0.39 is 6.04 Å². The van der Waals surface area contributed by atoms with Gasteiger partial charge >= 0.3 is 0 Å². The third-order valence-corrected chi connectivity index (χ3v) is 6.37. The molecule has 196 valence electrons. The highest BCUT2D eigenvalue weighted by atomic mass is 19.1. The van der Waals surface area contributed by atoms with E-state index in [4.69, 9.17) is 0 Å². The Kier molecular flexibility index (Phi) is 9.75. The van der Waals surface area contributed by atoms with Crippen LogP contribution in [0.25, 0.3) is 0 Å². The molecule has 1 aromatic carbocycles. The van der Waals surface area contributed by atoms with Crippen molar-refractivity contribution in [1.29, 1.82) is 0 Å². The molecule has 0 aliphatic heterocycles. The number of Topliss-reactive ketones (excluding diaryl/α,β-unsaturated/α-hetero) is 1. The number of ketones is 1. The van der Waals surface area contributed by atoms with E-state index in [0.717, 1.165) is 12.8 Å². The average Bonchev–Trinajstić information content (AvgIpc) is 2.84. The maximum absolute atomic E-state index is 13.4. The third kappa shape index (κ3) is 8.12. The molecule has 8 nitrogen and oxygen atoms in total. The molecule has 0 radical (unpaired) electrons. The summed E-state index contributed by atoms with van der Waals surface area (Å²) < 4.78 is 13.4. The Morgan fingerprint density at radius 3 is 2.70 bits per heavy atom. The van der Waals surface area contributed by atoms with E-state index in [1.165, 1.54) is 23.1 Å². The van der Waals surface area contributed by atoms with Crippen molar-refractivity contribution in [3.63, 3.8) is 0 Å². The fourth-order valence-corrected chi connectivity index (χ4v) is 3.96. The Labute approximate surface area is 218 Å². The van der Waals surface area contributed by atoms with Crippen molar-refractivity contribution in [3.05, 3.63) is 54.0 Å². The Bertz CT molecular complexity index is 1200. The number of halogens is 1. The largest absolute Gasteiger partial charge is 0.372 e. The summed E-state index contributed by atoms with van der Waals surface area (Å²) in [5, 5.41) is 6.01. The van der Waals surface area contributed by atoms with Gasteiger partial charge in [-0.1, -0.05) is 24.0 Å². The van der Waals surface area contributed by atoms with Gasteiger partial charge in [0.2, 0.25) is 11.9 Å². The van der Waals surface area contributed by atoms with Crippen LogP contribution in [0.1, 0.15) is 31.7 Å². The maximum Gasteiger partial charge on any atom is 0.246 e. The third-order valence-electron chi connectivity index (χ3n) is 6.37. The summed E-state index contributed by atoms with van der Waals surface area (Å²) in [6.45, 7) is 2.45. The quantitative estimate of drug-likeness (QED) is 0.375. The zero-order chi connectivity index (χ0) is 26.9. The number of nitrogens with one attached hydrogen (secondary N) is 2. The number of likely N-dealkylation sites (N-methyl/N-ethyl adjacent to an activating group) is 2. The Hall–Kier alpha value is -3.77. The SMILES string of the molecule is CNc1nc(Nc2cccc(F)c2)ncc1C#CC1CC(CC(=O)[C@H](C)N(C)C(=O)/C=C/CN(C)C)C1. The lowest BCUT2D eigenvalue weighted by atomic mass is 9.72. The number of carbonyl (C=O) groups excluding carboxylic acids is 2. The van der Waals surface area contributed by atoms with Crippen LogP contribution in [0.2, 0.25) is 0 Å². The van der Waals surface area contributed by atoms with E-state index in [1.54, 1.807) is 45.4 Å².